The average molecular weight is 524 g/mol. The number of thioether (sulfide) groups is 1. The molecule has 0 aliphatic rings. The van der Waals surface area contributed by atoms with Gasteiger partial charge >= 0.3 is 0 Å². The topological polar surface area (TPSA) is 66.5 Å². The van der Waals surface area contributed by atoms with Crippen molar-refractivity contribution < 1.29 is 13.2 Å². The molecule has 3 rings (SSSR count). The van der Waals surface area contributed by atoms with E-state index < -0.39 is 10.0 Å². The summed E-state index contributed by atoms with van der Waals surface area (Å²) >= 11 is 13.6. The fourth-order valence-corrected chi connectivity index (χ4v) is 5.72. The number of sulfonamides is 1. The van der Waals surface area contributed by atoms with Crippen LogP contribution in [-0.4, -0.2) is 33.2 Å². The number of para-hydroxylation sites is 1. The monoisotopic (exact) mass is 522 g/mol. The molecule has 5 nitrogen and oxygen atoms in total. The average Bonchev–Trinajstić information content (AvgIpc) is 2.80. The highest BCUT2D eigenvalue weighted by atomic mass is 35.5. The first-order valence-electron chi connectivity index (χ1n) is 10.3. The number of benzene rings is 3. The van der Waals surface area contributed by atoms with Crippen LogP contribution in [-0.2, 0) is 20.6 Å². The molecule has 0 saturated carbocycles. The summed E-state index contributed by atoms with van der Waals surface area (Å²) in [6.45, 7) is 0.148. The third kappa shape index (κ3) is 7.67. The van der Waals surface area contributed by atoms with Crippen molar-refractivity contribution in [3.05, 3.63) is 94.5 Å². The van der Waals surface area contributed by atoms with Crippen molar-refractivity contribution in [3.8, 4) is 0 Å². The number of carbonyl (C=O) groups excluding carboxylic acids is 1. The van der Waals surface area contributed by atoms with Crippen LogP contribution in [0.4, 0.5) is 5.69 Å². The largest absolute Gasteiger partial charge is 0.354 e. The van der Waals surface area contributed by atoms with Crippen LogP contribution in [0.25, 0.3) is 0 Å². The molecule has 33 heavy (non-hydrogen) atoms. The van der Waals surface area contributed by atoms with E-state index in [1.54, 1.807) is 42.1 Å². The molecule has 0 atom stereocenters. The molecule has 0 aliphatic carbocycles. The highest BCUT2D eigenvalue weighted by Crippen LogP contribution is 2.24. The SMILES string of the molecule is O=C(CN(c1ccccc1)S(=O)(=O)c1ccc(Cl)cc1)NCCCSCc1cccc(Cl)c1. The van der Waals surface area contributed by atoms with Crippen LogP contribution in [0.1, 0.15) is 12.0 Å². The van der Waals surface area contributed by atoms with Gasteiger partial charge in [-0.2, -0.15) is 11.8 Å². The lowest BCUT2D eigenvalue weighted by Gasteiger charge is -2.24. The van der Waals surface area contributed by atoms with E-state index in [-0.39, 0.29) is 17.3 Å². The Kier molecular flexibility index (Phi) is 9.50. The van der Waals surface area contributed by atoms with Gasteiger partial charge in [0.25, 0.3) is 10.0 Å². The normalized spacial score (nSPS) is 11.2. The molecule has 1 amide bonds. The maximum Gasteiger partial charge on any atom is 0.264 e. The molecule has 1 N–H and O–H groups in total. The number of hydrogen-bond donors (Lipinski definition) is 1. The highest BCUT2D eigenvalue weighted by molar-refractivity contribution is 7.98. The third-order valence-corrected chi connectivity index (χ3v) is 8.07. The summed E-state index contributed by atoms with van der Waals surface area (Å²) in [5, 5.41) is 3.98. The van der Waals surface area contributed by atoms with E-state index in [4.69, 9.17) is 23.2 Å². The number of carbonyl (C=O) groups is 1. The molecule has 9 heteroatoms. The van der Waals surface area contributed by atoms with E-state index in [0.29, 0.717) is 17.3 Å². The number of amides is 1. The van der Waals surface area contributed by atoms with Gasteiger partial charge in [-0.15, -0.1) is 0 Å². The van der Waals surface area contributed by atoms with Gasteiger partial charge in [-0.05, 0) is 66.3 Å². The van der Waals surface area contributed by atoms with E-state index >= 15 is 0 Å². The van der Waals surface area contributed by atoms with Crippen molar-refractivity contribution in [2.24, 2.45) is 0 Å². The molecule has 0 fully saturated rings. The van der Waals surface area contributed by atoms with Gasteiger partial charge in [-0.3, -0.25) is 9.10 Å². The van der Waals surface area contributed by atoms with Crippen molar-refractivity contribution in [1.29, 1.82) is 0 Å². The lowest BCUT2D eigenvalue weighted by Crippen LogP contribution is -2.41. The van der Waals surface area contributed by atoms with Crippen molar-refractivity contribution >= 4 is 56.6 Å². The molecule has 0 radical (unpaired) electrons. The maximum absolute atomic E-state index is 13.2. The molecule has 0 saturated heterocycles. The van der Waals surface area contributed by atoms with E-state index in [1.807, 2.05) is 24.3 Å². The fraction of sp³-hybridized carbons (Fsp3) is 0.208. The Morgan fingerprint density at radius 3 is 2.33 bits per heavy atom. The van der Waals surface area contributed by atoms with Crippen molar-refractivity contribution in [2.45, 2.75) is 17.1 Å². The van der Waals surface area contributed by atoms with Crippen LogP contribution in [0.5, 0.6) is 0 Å². The number of nitrogens with zero attached hydrogens (tertiary/aromatic N) is 1. The molecule has 0 aromatic heterocycles. The minimum atomic E-state index is -3.94. The van der Waals surface area contributed by atoms with Gasteiger partial charge in [0.1, 0.15) is 6.54 Å². The zero-order chi connectivity index (χ0) is 23.7. The quantitative estimate of drug-likeness (QED) is 0.331. The number of anilines is 1. The fourth-order valence-electron chi connectivity index (χ4n) is 3.05. The Labute approximate surface area is 209 Å². The van der Waals surface area contributed by atoms with Gasteiger partial charge in [0.05, 0.1) is 10.6 Å². The van der Waals surface area contributed by atoms with Crippen molar-refractivity contribution in [3.63, 3.8) is 0 Å². The Bertz CT molecular complexity index is 1160. The number of nitrogens with one attached hydrogen (secondary N) is 1. The lowest BCUT2D eigenvalue weighted by atomic mass is 10.2. The maximum atomic E-state index is 13.2. The van der Waals surface area contributed by atoms with Crippen LogP contribution in [0.3, 0.4) is 0 Å². The Morgan fingerprint density at radius 1 is 0.909 bits per heavy atom. The molecule has 3 aromatic rings. The zero-order valence-corrected chi connectivity index (χ0v) is 20.9. The van der Waals surface area contributed by atoms with Crippen LogP contribution in [0.15, 0.2) is 83.8 Å². The predicted octanol–water partition coefficient (Wildman–Crippen LogP) is 5.63. The summed E-state index contributed by atoms with van der Waals surface area (Å²) in [4.78, 5) is 12.7. The summed E-state index contributed by atoms with van der Waals surface area (Å²) in [6, 6.07) is 22.2. The number of rotatable bonds is 11. The van der Waals surface area contributed by atoms with E-state index in [1.165, 1.54) is 24.3 Å². The molecular formula is C24H24Cl2N2O3S2. The van der Waals surface area contributed by atoms with E-state index in [0.717, 1.165) is 32.8 Å². The summed E-state index contributed by atoms with van der Waals surface area (Å²) in [6.07, 6.45) is 0.770. The highest BCUT2D eigenvalue weighted by Gasteiger charge is 2.27. The molecule has 0 heterocycles. The first-order valence-corrected chi connectivity index (χ1v) is 13.6. The molecule has 0 spiro atoms. The first kappa shape index (κ1) is 25.4. The van der Waals surface area contributed by atoms with Gasteiger partial charge < -0.3 is 5.32 Å². The second-order valence-corrected chi connectivity index (χ2v) is 11.0. The number of halogens is 2. The molecule has 0 aliphatic heterocycles. The van der Waals surface area contributed by atoms with E-state index in [9.17, 15) is 13.2 Å². The second kappa shape index (κ2) is 12.3. The van der Waals surface area contributed by atoms with Crippen LogP contribution in [0, 0.1) is 0 Å². The van der Waals surface area contributed by atoms with Gasteiger partial charge in [0.2, 0.25) is 5.91 Å². The van der Waals surface area contributed by atoms with E-state index in [2.05, 4.69) is 5.32 Å². The smallest absolute Gasteiger partial charge is 0.264 e. The molecular weight excluding hydrogens is 499 g/mol. The standard InChI is InChI=1S/C24H24Cl2N2O3S2/c25-20-10-12-23(13-11-20)33(30,31)28(22-8-2-1-3-9-22)17-24(29)27-14-5-15-32-18-19-6-4-7-21(26)16-19/h1-4,6-13,16H,5,14-15,17-18H2,(H,27,29). The molecule has 0 bridgehead atoms. The van der Waals surface area contributed by atoms with Gasteiger partial charge in [-0.25, -0.2) is 8.42 Å². The predicted molar refractivity (Wildman–Crippen MR) is 138 cm³/mol. The lowest BCUT2D eigenvalue weighted by molar-refractivity contribution is -0.119. The molecule has 0 unspecified atom stereocenters. The van der Waals surface area contributed by atoms with Crippen LogP contribution >= 0.6 is 35.0 Å². The van der Waals surface area contributed by atoms with Gasteiger partial charge in [-0.1, -0.05) is 53.5 Å². The van der Waals surface area contributed by atoms with Crippen LogP contribution < -0.4 is 9.62 Å². The minimum Gasteiger partial charge on any atom is -0.354 e. The second-order valence-electron chi connectivity index (χ2n) is 7.19. The summed E-state index contributed by atoms with van der Waals surface area (Å²) in [7, 11) is -3.94. The molecule has 174 valence electrons. The third-order valence-electron chi connectivity index (χ3n) is 4.68. The van der Waals surface area contributed by atoms with Crippen LogP contribution in [0.2, 0.25) is 10.0 Å². The Morgan fingerprint density at radius 2 is 1.64 bits per heavy atom. The number of hydrogen-bond acceptors (Lipinski definition) is 4. The zero-order valence-electron chi connectivity index (χ0n) is 17.8. The summed E-state index contributed by atoms with van der Waals surface area (Å²) in [5.74, 6) is 1.34. The molecule has 3 aromatic carbocycles. The van der Waals surface area contributed by atoms with Crippen molar-refractivity contribution in [2.75, 3.05) is 23.1 Å². The Balaban J connectivity index is 1.55. The Hall–Kier alpha value is -2.19. The van der Waals surface area contributed by atoms with Gasteiger partial charge in [0, 0.05) is 22.3 Å². The van der Waals surface area contributed by atoms with Crippen molar-refractivity contribution in [1.82, 2.24) is 5.32 Å². The summed E-state index contributed by atoms with van der Waals surface area (Å²) < 4.78 is 27.6. The summed E-state index contributed by atoms with van der Waals surface area (Å²) in [5.41, 5.74) is 1.57. The van der Waals surface area contributed by atoms with Gasteiger partial charge in [0.15, 0.2) is 0 Å². The first-order chi connectivity index (χ1) is 15.9. The minimum absolute atomic E-state index is 0.0703.